The number of aromatic nitrogens is 1. The summed E-state index contributed by atoms with van der Waals surface area (Å²) in [6, 6.07) is 3.31. The van der Waals surface area contributed by atoms with Crippen LogP contribution in [0.25, 0.3) is 0 Å². The summed E-state index contributed by atoms with van der Waals surface area (Å²) in [6.45, 7) is 5.70. The van der Waals surface area contributed by atoms with E-state index in [2.05, 4.69) is 26.2 Å². The first-order valence-electron chi connectivity index (χ1n) is 5.63. The van der Waals surface area contributed by atoms with Gasteiger partial charge in [-0.25, -0.2) is 9.78 Å². The molecule has 1 amide bonds. The van der Waals surface area contributed by atoms with E-state index in [9.17, 15) is 4.79 Å². The second-order valence-corrected chi connectivity index (χ2v) is 5.57. The average molecular weight is 316 g/mol. The topological polar surface area (TPSA) is 77.2 Å². The zero-order valence-electron chi connectivity index (χ0n) is 10.7. The van der Waals surface area contributed by atoms with Crippen LogP contribution in [0.1, 0.15) is 32.4 Å². The van der Waals surface area contributed by atoms with Crippen molar-refractivity contribution < 1.29 is 9.53 Å². The van der Waals surface area contributed by atoms with E-state index in [4.69, 9.17) is 10.5 Å². The first-order valence-corrected chi connectivity index (χ1v) is 6.43. The van der Waals surface area contributed by atoms with Crippen LogP contribution in [0.2, 0.25) is 0 Å². The maximum absolute atomic E-state index is 11.7. The van der Waals surface area contributed by atoms with Gasteiger partial charge in [0.2, 0.25) is 0 Å². The van der Waals surface area contributed by atoms with Crippen LogP contribution in [-0.4, -0.2) is 23.2 Å². The van der Waals surface area contributed by atoms with Crippen LogP contribution in [0.15, 0.2) is 22.9 Å². The fourth-order valence-electron chi connectivity index (χ4n) is 1.37. The van der Waals surface area contributed by atoms with E-state index < -0.39 is 11.7 Å². The number of hydrogen-bond donors (Lipinski definition) is 2. The van der Waals surface area contributed by atoms with E-state index in [-0.39, 0.29) is 12.6 Å². The van der Waals surface area contributed by atoms with Crippen LogP contribution in [0.4, 0.5) is 4.79 Å². The van der Waals surface area contributed by atoms with Crippen LogP contribution in [0.5, 0.6) is 0 Å². The summed E-state index contributed by atoms with van der Waals surface area (Å²) >= 11 is 3.33. The van der Waals surface area contributed by atoms with E-state index in [0.717, 1.165) is 5.56 Å². The molecule has 0 aliphatic heterocycles. The lowest BCUT2D eigenvalue weighted by Crippen LogP contribution is -2.38. The number of alkyl carbamates (subject to hydrolysis) is 1. The molecule has 0 saturated carbocycles. The third kappa shape index (κ3) is 4.62. The maximum Gasteiger partial charge on any atom is 0.408 e. The summed E-state index contributed by atoms with van der Waals surface area (Å²) in [5, 5.41) is 2.72. The average Bonchev–Trinajstić information content (AvgIpc) is 2.24. The van der Waals surface area contributed by atoms with Crippen molar-refractivity contribution in [3.63, 3.8) is 0 Å². The third-order valence-corrected chi connectivity index (χ3v) is 2.75. The Morgan fingerprint density at radius 1 is 1.61 bits per heavy atom. The van der Waals surface area contributed by atoms with Gasteiger partial charge < -0.3 is 15.8 Å². The molecule has 6 heteroatoms. The summed E-state index contributed by atoms with van der Waals surface area (Å²) in [5.74, 6) is 0. The molecule has 0 spiro atoms. The van der Waals surface area contributed by atoms with Crippen LogP contribution < -0.4 is 11.1 Å². The van der Waals surface area contributed by atoms with Crippen LogP contribution >= 0.6 is 15.9 Å². The second-order valence-electron chi connectivity index (χ2n) is 4.82. The molecular formula is C12H18BrN3O2. The molecule has 1 heterocycles. The number of rotatable bonds is 3. The highest BCUT2D eigenvalue weighted by Crippen LogP contribution is 2.20. The van der Waals surface area contributed by atoms with Gasteiger partial charge >= 0.3 is 6.09 Å². The van der Waals surface area contributed by atoms with Crippen LogP contribution in [0, 0.1) is 0 Å². The van der Waals surface area contributed by atoms with E-state index in [1.54, 1.807) is 12.3 Å². The minimum absolute atomic E-state index is 0.267. The number of nitrogens with one attached hydrogen (secondary N) is 1. The van der Waals surface area contributed by atoms with Gasteiger partial charge in [-0.2, -0.15) is 0 Å². The molecule has 0 aliphatic carbocycles. The monoisotopic (exact) mass is 315 g/mol. The van der Waals surface area contributed by atoms with Crippen molar-refractivity contribution in [1.82, 2.24) is 10.3 Å². The van der Waals surface area contributed by atoms with E-state index in [1.165, 1.54) is 0 Å². The SMILES string of the molecule is CC(C)(C)OC(=O)NC(CN)c1cccnc1Br. The Labute approximate surface area is 115 Å². The molecule has 0 aliphatic rings. The molecular weight excluding hydrogens is 298 g/mol. The molecule has 0 fully saturated rings. The van der Waals surface area contributed by atoms with Gasteiger partial charge in [-0.05, 0) is 42.8 Å². The van der Waals surface area contributed by atoms with Gasteiger partial charge in [0.25, 0.3) is 0 Å². The predicted molar refractivity (Wildman–Crippen MR) is 73.1 cm³/mol. The first-order chi connectivity index (χ1) is 8.33. The lowest BCUT2D eigenvalue weighted by Gasteiger charge is -2.23. The molecule has 0 saturated heterocycles. The lowest BCUT2D eigenvalue weighted by atomic mass is 10.1. The predicted octanol–water partition coefficient (Wildman–Crippen LogP) is 2.37. The molecule has 1 aromatic rings. The number of nitrogens with two attached hydrogens (primary N) is 1. The van der Waals surface area contributed by atoms with Gasteiger partial charge in [-0.1, -0.05) is 6.07 Å². The Hall–Kier alpha value is -1.14. The molecule has 1 unspecified atom stereocenters. The molecule has 18 heavy (non-hydrogen) atoms. The quantitative estimate of drug-likeness (QED) is 0.839. The standard InChI is InChI=1S/C12H18BrN3O2/c1-12(2,3)18-11(17)16-9(7-14)8-5-4-6-15-10(8)13/h4-6,9H,7,14H2,1-3H3,(H,16,17). The van der Waals surface area contributed by atoms with E-state index in [1.807, 2.05) is 26.8 Å². The molecule has 0 bridgehead atoms. The lowest BCUT2D eigenvalue weighted by molar-refractivity contribution is 0.0505. The van der Waals surface area contributed by atoms with Gasteiger partial charge in [0.15, 0.2) is 0 Å². The Bertz CT molecular complexity index is 418. The zero-order valence-corrected chi connectivity index (χ0v) is 12.3. The highest BCUT2D eigenvalue weighted by Gasteiger charge is 2.21. The number of ether oxygens (including phenoxy) is 1. The fraction of sp³-hybridized carbons (Fsp3) is 0.500. The number of nitrogens with zero attached hydrogens (tertiary/aromatic N) is 1. The smallest absolute Gasteiger partial charge is 0.408 e. The van der Waals surface area contributed by atoms with Crippen molar-refractivity contribution in [2.75, 3.05) is 6.54 Å². The Kier molecular flexibility index (Phi) is 5.10. The number of amides is 1. The second kappa shape index (κ2) is 6.15. The Morgan fingerprint density at radius 2 is 2.28 bits per heavy atom. The molecule has 0 radical (unpaired) electrons. The normalized spacial score (nSPS) is 12.9. The van der Waals surface area contributed by atoms with Crippen molar-refractivity contribution in [1.29, 1.82) is 0 Å². The molecule has 3 N–H and O–H groups in total. The number of halogens is 1. The highest BCUT2D eigenvalue weighted by atomic mass is 79.9. The number of hydrogen-bond acceptors (Lipinski definition) is 4. The van der Waals surface area contributed by atoms with Crippen molar-refractivity contribution >= 4 is 22.0 Å². The Balaban J connectivity index is 2.74. The van der Waals surface area contributed by atoms with E-state index in [0.29, 0.717) is 4.60 Å². The minimum Gasteiger partial charge on any atom is -0.444 e. The number of pyridine rings is 1. The molecule has 100 valence electrons. The number of carbonyl (C=O) groups excluding carboxylic acids is 1. The molecule has 1 atom stereocenters. The van der Waals surface area contributed by atoms with E-state index >= 15 is 0 Å². The summed E-state index contributed by atoms with van der Waals surface area (Å²) in [4.78, 5) is 15.8. The zero-order chi connectivity index (χ0) is 13.8. The summed E-state index contributed by atoms with van der Waals surface area (Å²) < 4.78 is 5.85. The largest absolute Gasteiger partial charge is 0.444 e. The number of carbonyl (C=O) groups is 1. The van der Waals surface area contributed by atoms with Crippen LogP contribution in [0.3, 0.4) is 0 Å². The summed E-state index contributed by atoms with van der Waals surface area (Å²) in [5.41, 5.74) is 5.96. The molecule has 1 rings (SSSR count). The third-order valence-electron chi connectivity index (χ3n) is 2.09. The highest BCUT2D eigenvalue weighted by molar-refractivity contribution is 9.10. The van der Waals surface area contributed by atoms with Crippen molar-refractivity contribution in [3.05, 3.63) is 28.5 Å². The molecule has 1 aromatic heterocycles. The van der Waals surface area contributed by atoms with Crippen LogP contribution in [-0.2, 0) is 4.74 Å². The van der Waals surface area contributed by atoms with Gasteiger partial charge in [-0.3, -0.25) is 0 Å². The van der Waals surface area contributed by atoms with Gasteiger partial charge in [-0.15, -0.1) is 0 Å². The first kappa shape index (κ1) is 14.9. The van der Waals surface area contributed by atoms with Crippen molar-refractivity contribution in [3.8, 4) is 0 Å². The van der Waals surface area contributed by atoms with Crippen molar-refractivity contribution in [2.45, 2.75) is 32.4 Å². The molecule has 0 aromatic carbocycles. The summed E-state index contributed by atoms with van der Waals surface area (Å²) in [6.07, 6.45) is 1.17. The van der Waals surface area contributed by atoms with Gasteiger partial charge in [0, 0.05) is 18.3 Å². The fourth-order valence-corrected chi connectivity index (χ4v) is 1.90. The Morgan fingerprint density at radius 3 is 2.78 bits per heavy atom. The van der Waals surface area contributed by atoms with Crippen molar-refractivity contribution in [2.24, 2.45) is 5.73 Å². The molecule has 5 nitrogen and oxygen atoms in total. The maximum atomic E-state index is 11.7. The minimum atomic E-state index is -0.532. The van der Waals surface area contributed by atoms with Gasteiger partial charge in [0.1, 0.15) is 10.2 Å². The van der Waals surface area contributed by atoms with Gasteiger partial charge in [0.05, 0.1) is 6.04 Å². The summed E-state index contributed by atoms with van der Waals surface area (Å²) in [7, 11) is 0.